The molecule has 2 aromatic carbocycles. The molecule has 1 aromatic heterocycles. The van der Waals surface area contributed by atoms with E-state index in [9.17, 15) is 18.0 Å². The van der Waals surface area contributed by atoms with Crippen molar-refractivity contribution in [2.45, 2.75) is 25.7 Å². The molecule has 0 atom stereocenters. The first-order valence-electron chi connectivity index (χ1n) is 9.10. The Bertz CT molecular complexity index is 1030. The van der Waals surface area contributed by atoms with Crippen molar-refractivity contribution in [2.75, 3.05) is 11.9 Å². The number of nitrogens with zero attached hydrogens (tertiary/aromatic N) is 2. The highest BCUT2D eigenvalue weighted by molar-refractivity contribution is 7.13. The summed E-state index contributed by atoms with van der Waals surface area (Å²) >= 11 is 1.26. The number of aromatic nitrogens is 1. The third-order valence-electron chi connectivity index (χ3n) is 4.82. The number of benzene rings is 2. The lowest BCUT2D eigenvalue weighted by atomic mass is 10.00. The summed E-state index contributed by atoms with van der Waals surface area (Å²) in [5.74, 6) is -0.608. The summed E-state index contributed by atoms with van der Waals surface area (Å²) < 4.78 is 38.5. The number of carbonyl (C=O) groups excluding carboxylic acids is 1. The van der Waals surface area contributed by atoms with Crippen molar-refractivity contribution in [3.8, 4) is 0 Å². The molecule has 1 aliphatic rings. The second-order valence-electron chi connectivity index (χ2n) is 6.91. The van der Waals surface area contributed by atoms with Gasteiger partial charge >= 0.3 is 6.18 Å². The van der Waals surface area contributed by atoms with E-state index in [0.29, 0.717) is 11.7 Å². The fourth-order valence-corrected chi connectivity index (χ4v) is 4.06. The molecular formula is C21H18F3N3OS. The molecule has 0 unspecified atom stereocenters. The molecule has 1 amide bonds. The third kappa shape index (κ3) is 4.65. The van der Waals surface area contributed by atoms with Crippen molar-refractivity contribution in [2.24, 2.45) is 0 Å². The lowest BCUT2D eigenvalue weighted by molar-refractivity contribution is -0.137. The molecule has 8 heteroatoms. The minimum absolute atomic E-state index is 0.0517. The van der Waals surface area contributed by atoms with Gasteiger partial charge in [-0.05, 0) is 35.7 Å². The van der Waals surface area contributed by atoms with Crippen LogP contribution in [0.15, 0.2) is 53.9 Å². The van der Waals surface area contributed by atoms with E-state index in [-0.39, 0.29) is 5.56 Å². The van der Waals surface area contributed by atoms with Gasteiger partial charge in [-0.25, -0.2) is 4.98 Å². The zero-order chi connectivity index (χ0) is 20.4. The number of rotatable bonds is 4. The first-order valence-corrected chi connectivity index (χ1v) is 9.98. The molecule has 1 N–H and O–H groups in total. The fraction of sp³-hybridized carbons (Fsp3) is 0.238. The Labute approximate surface area is 170 Å². The minimum Gasteiger partial charge on any atom is -0.298 e. The van der Waals surface area contributed by atoms with Crippen molar-refractivity contribution in [3.05, 3.63) is 81.9 Å². The third-order valence-corrected chi connectivity index (χ3v) is 5.63. The largest absolute Gasteiger partial charge is 0.416 e. The number of hydrogen-bond acceptors (Lipinski definition) is 4. The maximum absolute atomic E-state index is 12.8. The molecule has 150 valence electrons. The molecule has 0 saturated heterocycles. The molecule has 0 radical (unpaired) electrons. The van der Waals surface area contributed by atoms with Gasteiger partial charge in [-0.2, -0.15) is 13.2 Å². The average Bonchev–Trinajstić information content (AvgIpc) is 3.14. The van der Waals surface area contributed by atoms with Gasteiger partial charge in [0.15, 0.2) is 5.13 Å². The molecule has 0 saturated carbocycles. The Morgan fingerprint density at radius 3 is 2.72 bits per heavy atom. The van der Waals surface area contributed by atoms with Crippen LogP contribution >= 0.6 is 11.3 Å². The molecular weight excluding hydrogens is 399 g/mol. The smallest absolute Gasteiger partial charge is 0.298 e. The van der Waals surface area contributed by atoms with E-state index < -0.39 is 17.6 Å². The number of amides is 1. The van der Waals surface area contributed by atoms with Crippen molar-refractivity contribution in [1.82, 2.24) is 9.88 Å². The van der Waals surface area contributed by atoms with Crippen molar-refractivity contribution in [3.63, 3.8) is 0 Å². The Hall–Kier alpha value is -2.71. The second kappa shape index (κ2) is 7.96. The predicted molar refractivity (Wildman–Crippen MR) is 106 cm³/mol. The van der Waals surface area contributed by atoms with E-state index in [1.165, 1.54) is 34.6 Å². The molecule has 2 heterocycles. The summed E-state index contributed by atoms with van der Waals surface area (Å²) in [7, 11) is 0. The molecule has 0 fully saturated rings. The lowest BCUT2D eigenvalue weighted by Gasteiger charge is -2.27. The molecule has 1 aliphatic heterocycles. The predicted octanol–water partition coefficient (Wildman–Crippen LogP) is 4.97. The molecule has 0 bridgehead atoms. The molecule has 3 aromatic rings. The fourth-order valence-electron chi connectivity index (χ4n) is 3.36. The Morgan fingerprint density at radius 1 is 1.14 bits per heavy atom. The van der Waals surface area contributed by atoms with E-state index in [2.05, 4.69) is 27.3 Å². The van der Waals surface area contributed by atoms with E-state index in [4.69, 9.17) is 0 Å². The van der Waals surface area contributed by atoms with Gasteiger partial charge in [-0.3, -0.25) is 15.0 Å². The Kier molecular flexibility index (Phi) is 5.38. The zero-order valence-corrected chi connectivity index (χ0v) is 16.2. The number of halogens is 3. The highest BCUT2D eigenvalue weighted by atomic mass is 32.1. The summed E-state index contributed by atoms with van der Waals surface area (Å²) in [4.78, 5) is 19.0. The average molecular weight is 417 g/mol. The van der Waals surface area contributed by atoms with Crippen LogP contribution in [0.3, 0.4) is 0 Å². The number of carbonyl (C=O) groups is 1. The summed E-state index contributed by atoms with van der Waals surface area (Å²) in [6.07, 6.45) is -3.50. The van der Waals surface area contributed by atoms with Gasteiger partial charge in [-0.15, -0.1) is 11.3 Å². The summed E-state index contributed by atoms with van der Waals surface area (Å²) in [5.41, 5.74) is 2.61. The van der Waals surface area contributed by atoms with Gasteiger partial charge in [0.2, 0.25) is 0 Å². The zero-order valence-electron chi connectivity index (χ0n) is 15.4. The van der Waals surface area contributed by atoms with Gasteiger partial charge < -0.3 is 0 Å². The van der Waals surface area contributed by atoms with Crippen LogP contribution in [0.4, 0.5) is 18.3 Å². The van der Waals surface area contributed by atoms with Crippen LogP contribution in [0.25, 0.3) is 0 Å². The van der Waals surface area contributed by atoms with Crippen molar-refractivity contribution < 1.29 is 18.0 Å². The van der Waals surface area contributed by atoms with Gasteiger partial charge in [-0.1, -0.05) is 30.3 Å². The van der Waals surface area contributed by atoms with E-state index in [1.54, 1.807) is 0 Å². The van der Waals surface area contributed by atoms with Gasteiger partial charge in [0.25, 0.3) is 5.91 Å². The maximum atomic E-state index is 12.8. The summed E-state index contributed by atoms with van der Waals surface area (Å²) in [6.45, 7) is 2.43. The van der Waals surface area contributed by atoms with Gasteiger partial charge in [0.05, 0.1) is 11.3 Å². The van der Waals surface area contributed by atoms with Crippen LogP contribution in [-0.2, 0) is 25.7 Å². The molecule has 4 rings (SSSR count). The monoisotopic (exact) mass is 417 g/mol. The van der Waals surface area contributed by atoms with Crippen LogP contribution < -0.4 is 5.32 Å². The van der Waals surface area contributed by atoms with Crippen LogP contribution in [0.1, 0.15) is 32.7 Å². The minimum atomic E-state index is -4.49. The first-order chi connectivity index (χ1) is 13.9. The Balaban J connectivity index is 1.39. The lowest BCUT2D eigenvalue weighted by Crippen LogP contribution is -2.30. The Morgan fingerprint density at radius 2 is 1.93 bits per heavy atom. The number of anilines is 1. The quantitative estimate of drug-likeness (QED) is 0.652. The van der Waals surface area contributed by atoms with Crippen LogP contribution in [0, 0.1) is 0 Å². The standard InChI is InChI=1S/C21H18F3N3OS/c22-21(23,24)17-7-3-6-15(10-17)19(28)26-20-25-18(13-29-20)12-27-9-8-14-4-1-2-5-16(14)11-27/h1-7,10,13H,8-9,11-12H2,(H,25,26,28). The normalized spacial score (nSPS) is 14.4. The first kappa shape index (κ1) is 19.6. The molecule has 4 nitrogen and oxygen atoms in total. The number of nitrogens with one attached hydrogen (secondary N) is 1. The van der Waals surface area contributed by atoms with Gasteiger partial charge in [0.1, 0.15) is 0 Å². The van der Waals surface area contributed by atoms with Crippen molar-refractivity contribution >= 4 is 22.4 Å². The number of fused-ring (bicyclic) bond motifs is 1. The molecule has 0 spiro atoms. The second-order valence-corrected chi connectivity index (χ2v) is 7.76. The molecule has 29 heavy (non-hydrogen) atoms. The number of hydrogen-bond donors (Lipinski definition) is 1. The van der Waals surface area contributed by atoms with E-state index in [0.717, 1.165) is 37.3 Å². The molecule has 0 aliphatic carbocycles. The summed E-state index contributed by atoms with van der Waals surface area (Å²) in [6, 6.07) is 12.7. The van der Waals surface area contributed by atoms with E-state index in [1.807, 2.05) is 17.5 Å². The van der Waals surface area contributed by atoms with Crippen LogP contribution in [-0.4, -0.2) is 22.3 Å². The number of thiazole rings is 1. The highest BCUT2D eigenvalue weighted by Crippen LogP contribution is 2.30. The SMILES string of the molecule is O=C(Nc1nc(CN2CCc3ccccc3C2)cs1)c1cccc(C(F)(F)F)c1. The van der Waals surface area contributed by atoms with E-state index >= 15 is 0 Å². The van der Waals surface area contributed by atoms with Crippen LogP contribution in [0.2, 0.25) is 0 Å². The van der Waals surface area contributed by atoms with Crippen LogP contribution in [0.5, 0.6) is 0 Å². The summed E-state index contributed by atoms with van der Waals surface area (Å²) in [5, 5.41) is 4.83. The number of alkyl halides is 3. The maximum Gasteiger partial charge on any atom is 0.416 e. The van der Waals surface area contributed by atoms with Gasteiger partial charge in [0, 0.05) is 30.6 Å². The van der Waals surface area contributed by atoms with Crippen molar-refractivity contribution in [1.29, 1.82) is 0 Å². The topological polar surface area (TPSA) is 45.2 Å². The highest BCUT2D eigenvalue weighted by Gasteiger charge is 2.31.